The van der Waals surface area contributed by atoms with Gasteiger partial charge in [-0.15, -0.1) is 0 Å². The molecule has 8 nitrogen and oxygen atoms in total. The van der Waals surface area contributed by atoms with Gasteiger partial charge < -0.3 is 20.7 Å². The minimum Gasteiger partial charge on any atom is -0.462 e. The second-order valence-corrected chi connectivity index (χ2v) is 9.67. The van der Waals surface area contributed by atoms with Crippen molar-refractivity contribution in [3.8, 4) is 16.8 Å². The van der Waals surface area contributed by atoms with Gasteiger partial charge in [-0.2, -0.15) is 5.10 Å². The molecule has 1 aliphatic heterocycles. The van der Waals surface area contributed by atoms with Crippen molar-refractivity contribution in [3.63, 3.8) is 0 Å². The maximum Gasteiger partial charge on any atom is 0.341 e. The fourth-order valence-electron chi connectivity index (χ4n) is 5.24. The van der Waals surface area contributed by atoms with E-state index in [-0.39, 0.29) is 29.9 Å². The monoisotopic (exact) mass is 517 g/mol. The summed E-state index contributed by atoms with van der Waals surface area (Å²) in [7, 11) is 1.79. The molecule has 1 saturated carbocycles. The number of benzene rings is 2. The molecule has 2 atom stereocenters. The highest BCUT2D eigenvalue weighted by molar-refractivity contribution is 5.96. The normalized spacial score (nSPS) is 18.9. The van der Waals surface area contributed by atoms with Gasteiger partial charge in [0.25, 0.3) is 5.91 Å². The average Bonchev–Trinajstić information content (AvgIpc) is 3.31. The number of nitrogens with zero attached hydrogens (tertiary/aromatic N) is 3. The molecule has 2 heterocycles. The van der Waals surface area contributed by atoms with Crippen LogP contribution in [0.5, 0.6) is 0 Å². The molecule has 1 aromatic heterocycles. The van der Waals surface area contributed by atoms with Crippen LogP contribution in [0.3, 0.4) is 0 Å². The first kappa shape index (κ1) is 25.5. The molecule has 9 heteroatoms. The predicted octanol–water partition coefficient (Wildman–Crippen LogP) is 4.21. The van der Waals surface area contributed by atoms with Crippen molar-refractivity contribution >= 4 is 11.9 Å². The minimum absolute atomic E-state index is 0.0108. The summed E-state index contributed by atoms with van der Waals surface area (Å²) in [5.41, 5.74) is 9.75. The van der Waals surface area contributed by atoms with Crippen molar-refractivity contribution in [2.45, 2.75) is 32.1 Å². The van der Waals surface area contributed by atoms with Crippen molar-refractivity contribution in [1.29, 1.82) is 0 Å². The van der Waals surface area contributed by atoms with E-state index in [0.29, 0.717) is 41.2 Å². The molecule has 1 amide bonds. The van der Waals surface area contributed by atoms with Gasteiger partial charge >= 0.3 is 5.97 Å². The van der Waals surface area contributed by atoms with E-state index in [4.69, 9.17) is 10.5 Å². The van der Waals surface area contributed by atoms with E-state index in [2.05, 4.69) is 10.4 Å². The summed E-state index contributed by atoms with van der Waals surface area (Å²) in [6.07, 6.45) is 5.93. The Morgan fingerprint density at radius 1 is 1.18 bits per heavy atom. The number of amides is 1. The first-order valence-corrected chi connectivity index (χ1v) is 13.0. The first-order valence-electron chi connectivity index (χ1n) is 13.0. The van der Waals surface area contributed by atoms with Gasteiger partial charge in [-0.25, -0.2) is 13.9 Å². The van der Waals surface area contributed by atoms with Gasteiger partial charge in [0.1, 0.15) is 11.4 Å². The summed E-state index contributed by atoms with van der Waals surface area (Å²) in [5.74, 6) is -1.20. The molecule has 0 bridgehead atoms. The van der Waals surface area contributed by atoms with Crippen LogP contribution in [0.15, 0.2) is 60.6 Å². The number of hydrogen-bond acceptors (Lipinski definition) is 6. The van der Waals surface area contributed by atoms with Crippen LogP contribution in [0.25, 0.3) is 16.8 Å². The standard InChI is InChI=1S/C29H32FN5O3/c1-3-38-29(37)24-16-33-35(27(24)23-15-22(23)25(31)17-32-2)19-9-6-8-18(14-19)20-10-7-11-21(26(20)30)28(36)34-12-4-5-13-34/h6-11,14,16-17,22-23,32H,3-5,12-13,15,31H2,1-2H3/b25-17-/t22?,23-/m1/s1. The number of nitrogens with one attached hydrogen (secondary N) is 1. The fraction of sp³-hybridized carbons (Fsp3) is 0.345. The highest BCUT2D eigenvalue weighted by atomic mass is 19.1. The maximum atomic E-state index is 15.7. The minimum atomic E-state index is -0.540. The van der Waals surface area contributed by atoms with Crippen molar-refractivity contribution < 1.29 is 18.7 Å². The van der Waals surface area contributed by atoms with E-state index in [1.165, 1.54) is 12.3 Å². The van der Waals surface area contributed by atoms with E-state index in [1.807, 2.05) is 18.2 Å². The molecular formula is C29H32FN5O3. The van der Waals surface area contributed by atoms with Crippen LogP contribution < -0.4 is 11.1 Å². The molecule has 1 saturated heterocycles. The van der Waals surface area contributed by atoms with E-state index >= 15 is 4.39 Å². The van der Waals surface area contributed by atoms with Crippen LogP contribution in [0, 0.1) is 11.7 Å². The summed E-state index contributed by atoms with van der Waals surface area (Å²) < 4.78 is 22.7. The molecular weight excluding hydrogens is 485 g/mol. The van der Waals surface area contributed by atoms with E-state index in [0.717, 1.165) is 25.0 Å². The van der Waals surface area contributed by atoms with Gasteiger partial charge in [0.15, 0.2) is 0 Å². The SMILES string of the molecule is CCOC(=O)c1cnn(-c2cccc(-c3cccc(C(=O)N4CCCC4)c3F)c2)c1[C@@H]1CC1/C(N)=C/NC. The molecule has 1 aliphatic carbocycles. The molecule has 0 radical (unpaired) electrons. The molecule has 2 fully saturated rings. The second kappa shape index (κ2) is 10.7. The van der Waals surface area contributed by atoms with Crippen molar-refractivity contribution in [2.24, 2.45) is 11.7 Å². The number of aromatic nitrogens is 2. The number of likely N-dealkylation sites (tertiary alicyclic amines) is 1. The Bertz CT molecular complexity index is 1390. The topological polar surface area (TPSA) is 102 Å². The number of ether oxygens (including phenoxy) is 1. The van der Waals surface area contributed by atoms with Gasteiger partial charge in [-0.05, 0) is 49.9 Å². The quantitative estimate of drug-likeness (QED) is 0.434. The van der Waals surface area contributed by atoms with Crippen LogP contribution >= 0.6 is 0 Å². The van der Waals surface area contributed by atoms with E-state index in [9.17, 15) is 9.59 Å². The Morgan fingerprint density at radius 2 is 1.95 bits per heavy atom. The molecule has 2 aromatic carbocycles. The lowest BCUT2D eigenvalue weighted by Gasteiger charge is -2.17. The van der Waals surface area contributed by atoms with Crippen LogP contribution in [-0.2, 0) is 4.74 Å². The smallest absolute Gasteiger partial charge is 0.341 e. The highest BCUT2D eigenvalue weighted by Gasteiger charge is 2.45. The third-order valence-corrected chi connectivity index (χ3v) is 7.21. The molecule has 3 aromatic rings. The Labute approximate surface area is 221 Å². The second-order valence-electron chi connectivity index (χ2n) is 9.67. The Balaban J connectivity index is 1.53. The zero-order valence-electron chi connectivity index (χ0n) is 21.6. The average molecular weight is 518 g/mol. The molecule has 1 unspecified atom stereocenters. The highest BCUT2D eigenvalue weighted by Crippen LogP contribution is 2.51. The largest absolute Gasteiger partial charge is 0.462 e. The number of nitrogens with two attached hydrogens (primary N) is 1. The maximum absolute atomic E-state index is 15.7. The van der Waals surface area contributed by atoms with Gasteiger partial charge in [0, 0.05) is 49.4 Å². The van der Waals surface area contributed by atoms with Crippen LogP contribution in [-0.4, -0.2) is 53.3 Å². The van der Waals surface area contributed by atoms with Crippen LogP contribution in [0.2, 0.25) is 0 Å². The predicted molar refractivity (Wildman–Crippen MR) is 142 cm³/mol. The number of allylic oxidation sites excluding steroid dienone is 1. The third-order valence-electron chi connectivity index (χ3n) is 7.21. The molecule has 198 valence electrons. The van der Waals surface area contributed by atoms with Crippen LogP contribution in [0.1, 0.15) is 58.5 Å². The van der Waals surface area contributed by atoms with Crippen molar-refractivity contribution in [1.82, 2.24) is 20.0 Å². The number of esters is 1. The Morgan fingerprint density at radius 3 is 2.68 bits per heavy atom. The molecule has 38 heavy (non-hydrogen) atoms. The van der Waals surface area contributed by atoms with Gasteiger partial charge in [-0.3, -0.25) is 4.79 Å². The van der Waals surface area contributed by atoms with Gasteiger partial charge in [0.05, 0.1) is 29.7 Å². The van der Waals surface area contributed by atoms with Gasteiger partial charge in [0.2, 0.25) is 0 Å². The lowest BCUT2D eigenvalue weighted by molar-refractivity contribution is 0.0524. The zero-order chi connectivity index (χ0) is 26.8. The summed E-state index contributed by atoms with van der Waals surface area (Å²) in [6.45, 7) is 3.31. The number of carbonyl (C=O) groups is 2. The number of rotatable bonds is 8. The first-order chi connectivity index (χ1) is 18.4. The molecule has 5 rings (SSSR count). The Hall–Kier alpha value is -4.14. The Kier molecular flexibility index (Phi) is 7.18. The van der Waals surface area contributed by atoms with Crippen molar-refractivity contribution in [3.05, 3.63) is 83.2 Å². The van der Waals surface area contributed by atoms with Gasteiger partial charge in [-0.1, -0.05) is 24.3 Å². The van der Waals surface area contributed by atoms with Crippen LogP contribution in [0.4, 0.5) is 4.39 Å². The van der Waals surface area contributed by atoms with Crippen molar-refractivity contribution in [2.75, 3.05) is 26.7 Å². The third kappa shape index (κ3) is 4.76. The molecule has 2 aliphatic rings. The summed E-state index contributed by atoms with van der Waals surface area (Å²) in [6, 6.07) is 12.2. The summed E-state index contributed by atoms with van der Waals surface area (Å²) in [4.78, 5) is 27.4. The lowest BCUT2D eigenvalue weighted by Crippen LogP contribution is -2.28. The number of hydrogen-bond donors (Lipinski definition) is 2. The fourth-order valence-corrected chi connectivity index (χ4v) is 5.24. The van der Waals surface area contributed by atoms with E-state index in [1.54, 1.807) is 48.0 Å². The lowest BCUT2D eigenvalue weighted by atomic mass is 10.0. The number of carbonyl (C=O) groups excluding carboxylic acids is 2. The molecule has 3 N–H and O–H groups in total. The summed E-state index contributed by atoms with van der Waals surface area (Å²) in [5, 5.41) is 7.49. The number of halogens is 1. The summed E-state index contributed by atoms with van der Waals surface area (Å²) >= 11 is 0. The van der Waals surface area contributed by atoms with E-state index < -0.39 is 11.8 Å². The zero-order valence-corrected chi connectivity index (χ0v) is 21.6. The molecule has 0 spiro atoms.